The molecule has 0 aromatic heterocycles. The van der Waals surface area contributed by atoms with Crippen LogP contribution < -0.4 is 10.2 Å². The van der Waals surface area contributed by atoms with Crippen molar-refractivity contribution in [1.82, 2.24) is 4.90 Å². The molecule has 0 radical (unpaired) electrons. The van der Waals surface area contributed by atoms with Crippen LogP contribution in [0.3, 0.4) is 0 Å². The minimum Gasteiger partial charge on any atom is -0.366 e. The van der Waals surface area contributed by atoms with Gasteiger partial charge < -0.3 is 15.1 Å². The molecule has 0 aliphatic carbocycles. The Labute approximate surface area is 193 Å². The molecule has 8 heteroatoms. The number of carbonyl (C=O) groups excluding carboxylic acids is 2. The first-order valence-corrected chi connectivity index (χ1v) is 11.7. The summed E-state index contributed by atoms with van der Waals surface area (Å²) in [6, 6.07) is 11.5. The molecule has 0 bridgehead atoms. The first-order valence-electron chi connectivity index (χ1n) is 11.7. The first-order chi connectivity index (χ1) is 15.9. The maximum Gasteiger partial charge on any atom is 0.293 e. The summed E-state index contributed by atoms with van der Waals surface area (Å²) in [5.41, 5.74) is 1.51. The Hall–Kier alpha value is -3.42. The molecule has 2 aromatic carbocycles. The van der Waals surface area contributed by atoms with Gasteiger partial charge in [-0.15, -0.1) is 0 Å². The molecule has 33 heavy (non-hydrogen) atoms. The lowest BCUT2D eigenvalue weighted by atomic mass is 9.98. The highest BCUT2D eigenvalue weighted by molar-refractivity contribution is 6.09. The SMILES string of the molecule is CC1CCN(c2ccc(C(=O)Nc3ccccc3C(=O)N3CCCCC3)cc2[N+](=O)[O-])CC1. The topological polar surface area (TPSA) is 95.8 Å². The van der Waals surface area contributed by atoms with E-state index in [0.717, 1.165) is 45.2 Å². The molecule has 2 aliphatic rings. The van der Waals surface area contributed by atoms with Crippen LogP contribution in [-0.4, -0.2) is 47.8 Å². The lowest BCUT2D eigenvalue weighted by Gasteiger charge is -2.31. The number of amides is 2. The average Bonchev–Trinajstić information content (AvgIpc) is 2.84. The first kappa shape index (κ1) is 22.8. The van der Waals surface area contributed by atoms with Crippen molar-refractivity contribution in [3.8, 4) is 0 Å². The van der Waals surface area contributed by atoms with Crippen LogP contribution >= 0.6 is 0 Å². The van der Waals surface area contributed by atoms with Crippen LogP contribution in [0.15, 0.2) is 42.5 Å². The third-order valence-corrected chi connectivity index (χ3v) is 6.61. The minimum absolute atomic E-state index is 0.0742. The largest absolute Gasteiger partial charge is 0.366 e. The molecule has 2 aromatic rings. The van der Waals surface area contributed by atoms with Gasteiger partial charge in [-0.2, -0.15) is 0 Å². The van der Waals surface area contributed by atoms with E-state index < -0.39 is 10.8 Å². The van der Waals surface area contributed by atoms with E-state index in [4.69, 9.17) is 0 Å². The minimum atomic E-state index is -0.476. The van der Waals surface area contributed by atoms with E-state index in [2.05, 4.69) is 12.2 Å². The second-order valence-corrected chi connectivity index (χ2v) is 8.98. The smallest absolute Gasteiger partial charge is 0.293 e. The van der Waals surface area contributed by atoms with E-state index in [0.29, 0.717) is 35.9 Å². The van der Waals surface area contributed by atoms with Crippen molar-refractivity contribution >= 4 is 28.9 Å². The average molecular weight is 451 g/mol. The highest BCUT2D eigenvalue weighted by Gasteiger charge is 2.26. The zero-order valence-electron chi connectivity index (χ0n) is 19.0. The molecule has 174 valence electrons. The van der Waals surface area contributed by atoms with Crippen LogP contribution in [0.5, 0.6) is 0 Å². The van der Waals surface area contributed by atoms with Crippen molar-refractivity contribution in [2.75, 3.05) is 36.4 Å². The monoisotopic (exact) mass is 450 g/mol. The summed E-state index contributed by atoms with van der Waals surface area (Å²) in [6.45, 7) is 5.14. The number of carbonyl (C=O) groups is 2. The number of anilines is 2. The Balaban J connectivity index is 1.55. The van der Waals surface area contributed by atoms with Crippen LogP contribution in [0.4, 0.5) is 17.1 Å². The number of piperidine rings is 2. The molecule has 0 saturated carbocycles. The van der Waals surface area contributed by atoms with E-state index in [-0.39, 0.29) is 17.2 Å². The van der Waals surface area contributed by atoms with Gasteiger partial charge in [-0.3, -0.25) is 19.7 Å². The zero-order chi connectivity index (χ0) is 23.4. The summed E-state index contributed by atoms with van der Waals surface area (Å²) in [4.78, 5) is 41.2. The molecule has 0 unspecified atom stereocenters. The maximum absolute atomic E-state index is 13.0. The summed E-state index contributed by atoms with van der Waals surface area (Å²) in [5.74, 6) is 0.0279. The van der Waals surface area contributed by atoms with Gasteiger partial charge in [-0.25, -0.2) is 0 Å². The molecule has 8 nitrogen and oxygen atoms in total. The fourth-order valence-corrected chi connectivity index (χ4v) is 4.57. The molecule has 2 aliphatic heterocycles. The normalized spacial score (nSPS) is 17.0. The lowest BCUT2D eigenvalue weighted by molar-refractivity contribution is -0.384. The number of benzene rings is 2. The molecule has 2 amide bonds. The van der Waals surface area contributed by atoms with Crippen molar-refractivity contribution < 1.29 is 14.5 Å². The van der Waals surface area contributed by atoms with Crippen molar-refractivity contribution in [2.24, 2.45) is 5.92 Å². The number of nitro benzene ring substituents is 1. The predicted molar refractivity (Wildman–Crippen MR) is 128 cm³/mol. The molecular weight excluding hydrogens is 420 g/mol. The van der Waals surface area contributed by atoms with Gasteiger partial charge in [-0.1, -0.05) is 19.1 Å². The molecule has 0 atom stereocenters. The Morgan fingerprint density at radius 1 is 1.00 bits per heavy atom. The summed E-state index contributed by atoms with van der Waals surface area (Å²) in [7, 11) is 0. The predicted octanol–water partition coefficient (Wildman–Crippen LogP) is 4.71. The fraction of sp³-hybridized carbons (Fsp3) is 0.440. The van der Waals surface area contributed by atoms with Crippen molar-refractivity contribution in [2.45, 2.75) is 39.0 Å². The van der Waals surface area contributed by atoms with Crippen LogP contribution in [0.1, 0.15) is 59.7 Å². The second kappa shape index (κ2) is 10.0. The fourth-order valence-electron chi connectivity index (χ4n) is 4.57. The van der Waals surface area contributed by atoms with E-state index in [1.807, 2.05) is 9.80 Å². The van der Waals surface area contributed by atoms with Gasteiger partial charge in [0.1, 0.15) is 5.69 Å². The third-order valence-electron chi connectivity index (χ3n) is 6.61. The summed E-state index contributed by atoms with van der Waals surface area (Å²) >= 11 is 0. The zero-order valence-corrected chi connectivity index (χ0v) is 19.0. The van der Waals surface area contributed by atoms with Gasteiger partial charge in [0.05, 0.1) is 16.2 Å². The van der Waals surface area contributed by atoms with Crippen molar-refractivity contribution in [1.29, 1.82) is 0 Å². The Morgan fingerprint density at radius 2 is 1.70 bits per heavy atom. The third kappa shape index (κ3) is 5.16. The molecule has 4 rings (SSSR count). The number of hydrogen-bond acceptors (Lipinski definition) is 5. The van der Waals surface area contributed by atoms with Crippen LogP contribution in [-0.2, 0) is 0 Å². The Morgan fingerprint density at radius 3 is 2.39 bits per heavy atom. The number of rotatable bonds is 5. The molecule has 0 spiro atoms. The van der Waals surface area contributed by atoms with Gasteiger partial charge >= 0.3 is 0 Å². The highest BCUT2D eigenvalue weighted by Crippen LogP contribution is 2.32. The summed E-state index contributed by atoms with van der Waals surface area (Å²) < 4.78 is 0. The number of nitrogens with one attached hydrogen (secondary N) is 1. The van der Waals surface area contributed by atoms with Gasteiger partial charge in [0.15, 0.2) is 0 Å². The molecule has 2 fully saturated rings. The van der Waals surface area contributed by atoms with Gasteiger partial charge in [-0.05, 0) is 62.3 Å². The molecular formula is C25H30N4O4. The number of nitrogens with zero attached hydrogens (tertiary/aromatic N) is 3. The van der Waals surface area contributed by atoms with Crippen LogP contribution in [0.2, 0.25) is 0 Å². The quantitative estimate of drug-likeness (QED) is 0.526. The van der Waals surface area contributed by atoms with Crippen LogP contribution in [0.25, 0.3) is 0 Å². The van der Waals surface area contributed by atoms with E-state index in [1.165, 1.54) is 6.07 Å². The summed E-state index contributed by atoms with van der Waals surface area (Å²) in [6.07, 6.45) is 5.05. The Kier molecular flexibility index (Phi) is 6.91. The standard InChI is InChI=1S/C25H30N4O4/c1-18-11-15-27(16-12-18)22-10-9-19(17-23(22)29(32)33)24(30)26-21-8-4-3-7-20(21)25(31)28-13-5-2-6-14-28/h3-4,7-10,17-18H,2,5-6,11-16H2,1H3,(H,26,30). The van der Waals surface area contributed by atoms with Crippen LogP contribution in [0, 0.1) is 16.0 Å². The number of nitro groups is 1. The maximum atomic E-state index is 13.0. The summed E-state index contributed by atoms with van der Waals surface area (Å²) in [5, 5.41) is 14.6. The Bertz CT molecular complexity index is 1040. The molecule has 2 saturated heterocycles. The van der Waals surface area contributed by atoms with Crippen molar-refractivity contribution in [3.05, 3.63) is 63.7 Å². The highest BCUT2D eigenvalue weighted by atomic mass is 16.6. The number of hydrogen-bond donors (Lipinski definition) is 1. The van der Waals surface area contributed by atoms with E-state index in [1.54, 1.807) is 36.4 Å². The number of likely N-dealkylation sites (tertiary alicyclic amines) is 1. The van der Waals surface area contributed by atoms with E-state index >= 15 is 0 Å². The lowest BCUT2D eigenvalue weighted by Crippen LogP contribution is -2.36. The molecule has 2 heterocycles. The van der Waals surface area contributed by atoms with Gasteiger partial charge in [0.25, 0.3) is 17.5 Å². The van der Waals surface area contributed by atoms with Gasteiger partial charge in [0, 0.05) is 37.8 Å². The van der Waals surface area contributed by atoms with Gasteiger partial charge in [0.2, 0.25) is 0 Å². The number of para-hydroxylation sites is 1. The van der Waals surface area contributed by atoms with E-state index in [9.17, 15) is 19.7 Å². The molecule has 1 N–H and O–H groups in total. The van der Waals surface area contributed by atoms with Crippen molar-refractivity contribution in [3.63, 3.8) is 0 Å². The second-order valence-electron chi connectivity index (χ2n) is 8.98.